The Bertz CT molecular complexity index is 1090. The maximum atomic E-state index is 10.7. The maximum absolute atomic E-state index is 10.7. The number of aliphatic hydroxyl groups excluding tert-OH is 4. The van der Waals surface area contributed by atoms with Gasteiger partial charge in [0.05, 0.1) is 6.61 Å². The number of carboxylic acids is 1. The Balaban J connectivity index is 1.99. The highest BCUT2D eigenvalue weighted by Crippen LogP contribution is 2.35. The molecule has 1 aliphatic rings. The monoisotopic (exact) mass is 562 g/mol. The molecule has 2 rings (SSSR count). The summed E-state index contributed by atoms with van der Waals surface area (Å²) < 4.78 is 11.4. The average molecular weight is 563 g/mol. The van der Waals surface area contributed by atoms with E-state index >= 15 is 0 Å². The molecule has 0 unspecified atom stereocenters. The van der Waals surface area contributed by atoms with E-state index in [1.807, 2.05) is 13.8 Å². The number of phenols is 1. The van der Waals surface area contributed by atoms with Crippen molar-refractivity contribution in [3.8, 4) is 11.5 Å². The quantitative estimate of drug-likeness (QED) is 0.184. The first-order chi connectivity index (χ1) is 18.8. The lowest BCUT2D eigenvalue weighted by Crippen LogP contribution is -2.60. The molecule has 40 heavy (non-hydrogen) atoms. The Morgan fingerprint density at radius 1 is 0.875 bits per heavy atom. The van der Waals surface area contributed by atoms with Crippen molar-refractivity contribution in [2.75, 3.05) is 6.61 Å². The summed E-state index contributed by atoms with van der Waals surface area (Å²) in [7, 11) is 0. The van der Waals surface area contributed by atoms with E-state index in [9.17, 15) is 30.3 Å². The molecule has 0 aliphatic carbocycles. The highest BCUT2D eigenvalue weighted by Gasteiger charge is 2.44. The van der Waals surface area contributed by atoms with Crippen molar-refractivity contribution in [2.45, 2.75) is 110 Å². The van der Waals surface area contributed by atoms with Gasteiger partial charge in [0.15, 0.2) is 0 Å². The van der Waals surface area contributed by atoms with Gasteiger partial charge in [-0.2, -0.15) is 0 Å². The summed E-state index contributed by atoms with van der Waals surface area (Å²) in [6.45, 7) is 9.09. The maximum Gasteiger partial charge on any atom is 0.303 e. The number of carboxylic acid groups (broad SMARTS) is 1. The zero-order valence-electron chi connectivity index (χ0n) is 24.3. The van der Waals surface area contributed by atoms with E-state index in [4.69, 9.17) is 14.6 Å². The molecule has 1 saturated heterocycles. The lowest BCUT2D eigenvalue weighted by Gasteiger charge is -2.39. The number of allylic oxidation sites excluding steroid dienone is 6. The molecule has 0 saturated carbocycles. The molecule has 0 radical (unpaired) electrons. The van der Waals surface area contributed by atoms with Crippen LogP contribution < -0.4 is 4.74 Å². The molecule has 224 valence electrons. The Hall–Kier alpha value is -2.69. The van der Waals surface area contributed by atoms with Crippen molar-refractivity contribution in [3.63, 3.8) is 0 Å². The Morgan fingerprint density at radius 3 is 2.02 bits per heavy atom. The Morgan fingerprint density at radius 2 is 1.45 bits per heavy atom. The molecule has 9 nitrogen and oxygen atoms in total. The van der Waals surface area contributed by atoms with E-state index in [-0.39, 0.29) is 12.2 Å². The Kier molecular flexibility index (Phi) is 13.3. The van der Waals surface area contributed by atoms with Gasteiger partial charge < -0.3 is 40.1 Å². The molecule has 0 bridgehead atoms. The van der Waals surface area contributed by atoms with Crippen LogP contribution in [0.5, 0.6) is 11.5 Å². The molecule has 1 fully saturated rings. The van der Waals surface area contributed by atoms with E-state index in [1.54, 1.807) is 19.9 Å². The standard InChI is InChI=1S/C31H46O9/c1-18(9-7-11-20(3)13-15-26(33)34)8-6-10-19(2)12-14-23-16-24(21(4)22(5)27(23)35)39-31-30(38)29(37)28(36)25(17-32)40-31/h8,11-12,16,25,28-32,35-38H,6-7,9-10,13-15,17H2,1-5H3,(H,33,34)/b18-8+,19-12+,20-11+/t25-,28+,29+,30-,31-/m1/s1. The molecule has 1 aromatic carbocycles. The van der Waals surface area contributed by atoms with Crippen LogP contribution >= 0.6 is 0 Å². The molecule has 6 N–H and O–H groups in total. The molecule has 1 heterocycles. The zero-order chi connectivity index (χ0) is 30.0. The summed E-state index contributed by atoms with van der Waals surface area (Å²) in [6.07, 6.45) is 4.26. The van der Waals surface area contributed by atoms with Crippen LogP contribution in [-0.4, -0.2) is 73.9 Å². The third-order valence-corrected chi connectivity index (χ3v) is 7.45. The van der Waals surface area contributed by atoms with E-state index < -0.39 is 43.3 Å². The molecule has 0 aromatic heterocycles. The number of aromatic hydroxyl groups is 1. The van der Waals surface area contributed by atoms with Gasteiger partial charge >= 0.3 is 5.97 Å². The largest absolute Gasteiger partial charge is 0.507 e. The summed E-state index contributed by atoms with van der Waals surface area (Å²) in [6, 6.07) is 1.68. The number of rotatable bonds is 14. The first-order valence-corrected chi connectivity index (χ1v) is 13.8. The summed E-state index contributed by atoms with van der Waals surface area (Å²) in [5.74, 6) is -0.251. The fourth-order valence-corrected chi connectivity index (χ4v) is 4.49. The van der Waals surface area contributed by atoms with E-state index in [2.05, 4.69) is 25.2 Å². The fourth-order valence-electron chi connectivity index (χ4n) is 4.49. The fraction of sp³-hybridized carbons (Fsp3) is 0.581. The smallest absolute Gasteiger partial charge is 0.303 e. The molecule has 0 spiro atoms. The highest BCUT2D eigenvalue weighted by molar-refractivity contribution is 5.67. The van der Waals surface area contributed by atoms with Crippen LogP contribution in [0.1, 0.15) is 76.0 Å². The van der Waals surface area contributed by atoms with E-state index in [1.165, 1.54) is 11.1 Å². The number of hydrogen-bond acceptors (Lipinski definition) is 8. The zero-order valence-corrected chi connectivity index (χ0v) is 24.3. The van der Waals surface area contributed by atoms with Crippen molar-refractivity contribution in [3.05, 3.63) is 57.7 Å². The number of aliphatic carboxylic acids is 1. The number of aliphatic hydroxyl groups is 4. The summed E-state index contributed by atoms with van der Waals surface area (Å²) in [4.78, 5) is 10.7. The van der Waals surface area contributed by atoms with Gasteiger partial charge in [0.2, 0.25) is 6.29 Å². The van der Waals surface area contributed by atoms with Gasteiger partial charge in [-0.05, 0) is 90.3 Å². The molecule has 5 atom stereocenters. The van der Waals surface area contributed by atoms with Crippen LogP contribution in [-0.2, 0) is 16.0 Å². The third-order valence-electron chi connectivity index (χ3n) is 7.45. The minimum Gasteiger partial charge on any atom is -0.507 e. The molecule has 0 amide bonds. The average Bonchev–Trinajstić information content (AvgIpc) is 2.91. The molecule has 1 aliphatic heterocycles. The molecular weight excluding hydrogens is 516 g/mol. The second-order valence-corrected chi connectivity index (χ2v) is 10.8. The van der Waals surface area contributed by atoms with Gasteiger partial charge in [0.25, 0.3) is 0 Å². The summed E-state index contributed by atoms with van der Waals surface area (Å²) in [5.41, 5.74) is 5.46. The lowest BCUT2D eigenvalue weighted by atomic mass is 9.98. The van der Waals surface area contributed by atoms with Gasteiger partial charge in [0, 0.05) is 12.0 Å². The number of ether oxygens (including phenoxy) is 2. The third kappa shape index (κ3) is 9.74. The van der Waals surface area contributed by atoms with Gasteiger partial charge in [0.1, 0.15) is 35.9 Å². The van der Waals surface area contributed by atoms with Crippen LogP contribution in [0.2, 0.25) is 0 Å². The van der Waals surface area contributed by atoms with Gasteiger partial charge in [-0.3, -0.25) is 4.79 Å². The van der Waals surface area contributed by atoms with Crippen LogP contribution in [0.4, 0.5) is 0 Å². The first kappa shape index (κ1) is 33.5. The van der Waals surface area contributed by atoms with Gasteiger partial charge in [-0.15, -0.1) is 0 Å². The van der Waals surface area contributed by atoms with Crippen molar-refractivity contribution < 1.29 is 44.9 Å². The van der Waals surface area contributed by atoms with Crippen LogP contribution in [0.15, 0.2) is 41.0 Å². The van der Waals surface area contributed by atoms with Crippen molar-refractivity contribution in [2.24, 2.45) is 0 Å². The number of phenolic OH excluding ortho intramolecular Hbond substituents is 1. The second kappa shape index (κ2) is 15.9. The van der Waals surface area contributed by atoms with Gasteiger partial charge in [-0.1, -0.05) is 34.9 Å². The predicted molar refractivity (Wildman–Crippen MR) is 152 cm³/mol. The van der Waals surface area contributed by atoms with Crippen molar-refractivity contribution in [1.82, 2.24) is 0 Å². The van der Waals surface area contributed by atoms with Crippen LogP contribution in [0.25, 0.3) is 0 Å². The summed E-state index contributed by atoms with van der Waals surface area (Å²) >= 11 is 0. The lowest BCUT2D eigenvalue weighted by molar-refractivity contribution is -0.277. The molecule has 9 heteroatoms. The second-order valence-electron chi connectivity index (χ2n) is 10.8. The first-order valence-electron chi connectivity index (χ1n) is 13.8. The topological polar surface area (TPSA) is 157 Å². The molecule has 1 aromatic rings. The van der Waals surface area contributed by atoms with E-state index in [0.717, 1.165) is 31.3 Å². The van der Waals surface area contributed by atoms with Crippen molar-refractivity contribution >= 4 is 5.97 Å². The van der Waals surface area contributed by atoms with Crippen LogP contribution in [0.3, 0.4) is 0 Å². The van der Waals surface area contributed by atoms with Crippen LogP contribution in [0, 0.1) is 13.8 Å². The summed E-state index contributed by atoms with van der Waals surface area (Å²) in [5, 5.41) is 59.4. The number of carbonyl (C=O) groups is 1. The number of benzene rings is 1. The normalized spacial score (nSPS) is 24.3. The highest BCUT2D eigenvalue weighted by atomic mass is 16.7. The SMILES string of the molecule is C/C(=C\CC/C(C)=C/Cc1cc(O[C@@H]2O[C@H](CO)[C@H](O)[C@H](O)[C@H]2O)c(C)c(C)c1O)CC/C=C(\C)CCC(=O)O. The van der Waals surface area contributed by atoms with Crippen molar-refractivity contribution in [1.29, 1.82) is 0 Å². The minimum absolute atomic E-state index is 0.158. The Labute approximate surface area is 237 Å². The number of hydrogen-bond donors (Lipinski definition) is 6. The van der Waals surface area contributed by atoms with Gasteiger partial charge in [-0.25, -0.2) is 0 Å². The van der Waals surface area contributed by atoms with E-state index in [0.29, 0.717) is 35.3 Å². The molecular formula is C31H46O9. The predicted octanol–water partition coefficient (Wildman–Crippen LogP) is 3.99. The minimum atomic E-state index is -1.54.